The van der Waals surface area contributed by atoms with Crippen LogP contribution >= 0.6 is 23.2 Å². The molecule has 0 aliphatic carbocycles. The van der Waals surface area contributed by atoms with Crippen LogP contribution in [0.25, 0.3) is 0 Å². The number of hydrogen-bond donors (Lipinski definition) is 0. The molecule has 2 rings (SSSR count). The molecule has 0 radical (unpaired) electrons. The Morgan fingerprint density at radius 1 is 1.33 bits per heavy atom. The molecular formula is C13H15Cl2NO4S. The van der Waals surface area contributed by atoms with Gasteiger partial charge in [-0.15, -0.1) is 0 Å². The van der Waals surface area contributed by atoms with Gasteiger partial charge in [0.1, 0.15) is 10.9 Å². The van der Waals surface area contributed by atoms with Gasteiger partial charge in [-0.25, -0.2) is 8.42 Å². The molecule has 0 N–H and O–H groups in total. The van der Waals surface area contributed by atoms with Crippen LogP contribution in [0.3, 0.4) is 0 Å². The smallest absolute Gasteiger partial charge is 0.324 e. The minimum absolute atomic E-state index is 0.0774. The third kappa shape index (κ3) is 3.34. The topological polar surface area (TPSA) is 63.7 Å². The Morgan fingerprint density at radius 3 is 2.71 bits per heavy atom. The number of esters is 1. The van der Waals surface area contributed by atoms with Crippen LogP contribution in [0.5, 0.6) is 0 Å². The molecule has 116 valence electrons. The summed E-state index contributed by atoms with van der Waals surface area (Å²) < 4.78 is 31.4. The molecule has 1 heterocycles. The fraction of sp³-hybridized carbons (Fsp3) is 0.462. The monoisotopic (exact) mass is 351 g/mol. The minimum atomic E-state index is -3.90. The number of methoxy groups -OCH3 is 1. The molecule has 1 aliphatic rings. The third-order valence-electron chi connectivity index (χ3n) is 3.41. The number of carbonyl (C=O) groups is 1. The van der Waals surface area contributed by atoms with Crippen molar-refractivity contribution < 1.29 is 17.9 Å². The van der Waals surface area contributed by atoms with E-state index < -0.39 is 22.0 Å². The molecule has 21 heavy (non-hydrogen) atoms. The summed E-state index contributed by atoms with van der Waals surface area (Å²) >= 11 is 11.8. The fourth-order valence-electron chi connectivity index (χ4n) is 2.37. The first-order valence-electron chi connectivity index (χ1n) is 6.42. The van der Waals surface area contributed by atoms with Gasteiger partial charge in [0.25, 0.3) is 0 Å². The lowest BCUT2D eigenvalue weighted by Crippen LogP contribution is -2.48. The van der Waals surface area contributed by atoms with Crippen LogP contribution in [0.1, 0.15) is 19.3 Å². The maximum absolute atomic E-state index is 12.8. The van der Waals surface area contributed by atoms with Gasteiger partial charge in [-0.1, -0.05) is 23.2 Å². The summed E-state index contributed by atoms with van der Waals surface area (Å²) in [7, 11) is -2.66. The summed E-state index contributed by atoms with van der Waals surface area (Å²) in [5, 5.41) is 0.346. The van der Waals surface area contributed by atoms with Crippen molar-refractivity contribution in [3.8, 4) is 0 Å². The molecular weight excluding hydrogens is 337 g/mol. The van der Waals surface area contributed by atoms with Gasteiger partial charge in [-0.05, 0) is 37.5 Å². The molecule has 0 spiro atoms. The summed E-state index contributed by atoms with van der Waals surface area (Å²) in [4.78, 5) is 11.7. The van der Waals surface area contributed by atoms with Crippen molar-refractivity contribution in [2.75, 3.05) is 13.7 Å². The highest BCUT2D eigenvalue weighted by Crippen LogP contribution is 2.31. The standard InChI is InChI=1S/C13H15Cl2NO4S/c1-20-13(17)11-4-2-3-7-16(11)21(18,19)12-8-9(14)5-6-10(12)15/h5-6,8,11H,2-4,7H2,1H3/t11-/m1/s1. The average Bonchev–Trinajstić information content (AvgIpc) is 2.48. The third-order valence-corrected chi connectivity index (χ3v) is 6.03. The van der Waals surface area contributed by atoms with Gasteiger partial charge >= 0.3 is 5.97 Å². The van der Waals surface area contributed by atoms with Gasteiger partial charge in [0, 0.05) is 11.6 Å². The first-order valence-corrected chi connectivity index (χ1v) is 8.62. The number of ether oxygens (including phenoxy) is 1. The second-order valence-corrected chi connectivity index (χ2v) is 7.43. The number of sulfonamides is 1. The van der Waals surface area contributed by atoms with E-state index in [1.54, 1.807) is 0 Å². The minimum Gasteiger partial charge on any atom is -0.468 e. The Hall–Kier alpha value is -0.820. The van der Waals surface area contributed by atoms with E-state index in [1.165, 1.54) is 25.3 Å². The molecule has 1 aromatic carbocycles. The van der Waals surface area contributed by atoms with E-state index in [9.17, 15) is 13.2 Å². The highest BCUT2D eigenvalue weighted by Gasteiger charge is 2.39. The van der Waals surface area contributed by atoms with Crippen molar-refractivity contribution in [3.63, 3.8) is 0 Å². The van der Waals surface area contributed by atoms with E-state index in [1.807, 2.05) is 0 Å². The van der Waals surface area contributed by atoms with Gasteiger partial charge in [-0.3, -0.25) is 4.79 Å². The number of rotatable bonds is 3. The predicted octanol–water partition coefficient (Wildman–Crippen LogP) is 2.71. The van der Waals surface area contributed by atoms with Crippen LogP contribution in [0, 0.1) is 0 Å². The highest BCUT2D eigenvalue weighted by molar-refractivity contribution is 7.89. The summed E-state index contributed by atoms with van der Waals surface area (Å²) in [5.41, 5.74) is 0. The Bertz CT molecular complexity index is 648. The number of piperidine rings is 1. The van der Waals surface area contributed by atoms with E-state index in [-0.39, 0.29) is 21.5 Å². The Morgan fingerprint density at radius 2 is 2.05 bits per heavy atom. The zero-order valence-electron chi connectivity index (χ0n) is 11.4. The quantitative estimate of drug-likeness (QED) is 0.785. The van der Waals surface area contributed by atoms with Gasteiger partial charge in [0.2, 0.25) is 10.0 Å². The maximum atomic E-state index is 12.8. The van der Waals surface area contributed by atoms with Crippen LogP contribution in [0.2, 0.25) is 10.0 Å². The number of hydrogen-bond acceptors (Lipinski definition) is 4. The highest BCUT2D eigenvalue weighted by atomic mass is 35.5. The second-order valence-electron chi connectivity index (χ2n) is 4.73. The zero-order chi connectivity index (χ0) is 15.6. The van der Waals surface area contributed by atoms with E-state index >= 15 is 0 Å². The lowest BCUT2D eigenvalue weighted by atomic mass is 10.1. The predicted molar refractivity (Wildman–Crippen MR) is 80.0 cm³/mol. The molecule has 1 fully saturated rings. The Labute approximate surface area is 133 Å². The first kappa shape index (κ1) is 16.5. The van der Waals surface area contributed by atoms with Gasteiger partial charge < -0.3 is 4.74 Å². The summed E-state index contributed by atoms with van der Waals surface area (Å²) in [5.74, 6) is -0.559. The van der Waals surface area contributed by atoms with Crippen molar-refractivity contribution in [2.24, 2.45) is 0 Å². The summed E-state index contributed by atoms with van der Waals surface area (Å²) in [6.07, 6.45) is 1.89. The zero-order valence-corrected chi connectivity index (χ0v) is 13.7. The van der Waals surface area contributed by atoms with Crippen LogP contribution < -0.4 is 0 Å². The SMILES string of the molecule is COC(=O)[C@H]1CCCCN1S(=O)(=O)c1cc(Cl)ccc1Cl. The normalized spacial score (nSPS) is 20.2. The second kappa shape index (κ2) is 6.52. The molecule has 0 saturated carbocycles. The molecule has 0 aromatic heterocycles. The van der Waals surface area contributed by atoms with Gasteiger partial charge in [0.05, 0.1) is 12.1 Å². The average molecular weight is 352 g/mol. The van der Waals surface area contributed by atoms with E-state index in [4.69, 9.17) is 27.9 Å². The van der Waals surface area contributed by atoms with E-state index in [0.717, 1.165) is 10.7 Å². The van der Waals surface area contributed by atoms with Crippen molar-refractivity contribution in [1.29, 1.82) is 0 Å². The number of nitrogens with zero attached hydrogens (tertiary/aromatic N) is 1. The number of benzene rings is 1. The summed E-state index contributed by atoms with van der Waals surface area (Å²) in [6, 6.07) is 3.41. The number of halogens is 2. The van der Waals surface area contributed by atoms with Crippen molar-refractivity contribution >= 4 is 39.2 Å². The first-order chi connectivity index (χ1) is 9.87. The Balaban J connectivity index is 2.45. The maximum Gasteiger partial charge on any atom is 0.324 e. The van der Waals surface area contributed by atoms with Gasteiger partial charge in [0.15, 0.2) is 0 Å². The molecule has 1 atom stereocenters. The molecule has 5 nitrogen and oxygen atoms in total. The Kier molecular flexibility index (Phi) is 5.14. The van der Waals surface area contributed by atoms with Crippen molar-refractivity contribution in [2.45, 2.75) is 30.2 Å². The number of carbonyl (C=O) groups excluding carboxylic acids is 1. The van der Waals surface area contributed by atoms with Crippen molar-refractivity contribution in [1.82, 2.24) is 4.31 Å². The largest absolute Gasteiger partial charge is 0.468 e. The van der Waals surface area contributed by atoms with Crippen molar-refractivity contribution in [3.05, 3.63) is 28.2 Å². The lowest BCUT2D eigenvalue weighted by Gasteiger charge is -2.32. The fourth-order valence-corrected chi connectivity index (χ4v) is 4.75. The van der Waals surface area contributed by atoms with E-state index in [0.29, 0.717) is 12.8 Å². The molecule has 8 heteroatoms. The van der Waals surface area contributed by atoms with Crippen LogP contribution in [0.15, 0.2) is 23.1 Å². The van der Waals surface area contributed by atoms with Crippen LogP contribution in [-0.2, 0) is 19.6 Å². The molecule has 0 amide bonds. The molecule has 1 aromatic rings. The summed E-state index contributed by atoms with van der Waals surface area (Å²) in [6.45, 7) is 0.255. The van der Waals surface area contributed by atoms with Crippen LogP contribution in [0.4, 0.5) is 0 Å². The molecule has 0 bridgehead atoms. The molecule has 1 saturated heterocycles. The van der Waals surface area contributed by atoms with Crippen LogP contribution in [-0.4, -0.2) is 38.4 Å². The molecule has 0 unspecified atom stereocenters. The molecule has 1 aliphatic heterocycles. The lowest BCUT2D eigenvalue weighted by molar-refractivity contribution is -0.146. The van der Waals surface area contributed by atoms with E-state index in [2.05, 4.69) is 0 Å². The van der Waals surface area contributed by atoms with Gasteiger partial charge in [-0.2, -0.15) is 4.31 Å².